The summed E-state index contributed by atoms with van der Waals surface area (Å²) in [5, 5.41) is 12.0. The predicted molar refractivity (Wildman–Crippen MR) is 122 cm³/mol. The molecule has 0 atom stereocenters. The van der Waals surface area contributed by atoms with Crippen molar-refractivity contribution in [2.75, 3.05) is 13.7 Å². The van der Waals surface area contributed by atoms with Gasteiger partial charge in [0.05, 0.1) is 18.4 Å². The van der Waals surface area contributed by atoms with Gasteiger partial charge in [0.2, 0.25) is 5.91 Å². The normalized spacial score (nSPS) is 11.6. The highest BCUT2D eigenvalue weighted by atomic mass is 19.4. The van der Waals surface area contributed by atoms with E-state index < -0.39 is 17.8 Å². The maximum atomic E-state index is 13.2. The van der Waals surface area contributed by atoms with Crippen LogP contribution < -0.4 is 4.74 Å². The van der Waals surface area contributed by atoms with E-state index in [0.29, 0.717) is 42.7 Å². The minimum absolute atomic E-state index is 0.0672. The number of fused-ring (bicyclic) bond motifs is 1. The van der Waals surface area contributed by atoms with E-state index in [1.54, 1.807) is 30.1 Å². The average Bonchev–Trinajstić information content (AvgIpc) is 3.22. The number of carbonyl (C=O) groups excluding carboxylic acids is 1. The molecular weight excluding hydrogens is 465 g/mol. The number of rotatable bonds is 11. The van der Waals surface area contributed by atoms with Crippen molar-refractivity contribution in [2.24, 2.45) is 0 Å². The Balaban J connectivity index is 1.57. The lowest BCUT2D eigenvalue weighted by molar-refractivity contribution is -0.141. The van der Waals surface area contributed by atoms with E-state index in [0.717, 1.165) is 5.56 Å². The molecule has 3 rings (SSSR count). The van der Waals surface area contributed by atoms with Crippen molar-refractivity contribution in [3.8, 4) is 5.75 Å². The third-order valence-corrected chi connectivity index (χ3v) is 5.45. The summed E-state index contributed by atoms with van der Waals surface area (Å²) in [4.78, 5) is 25.0. The number of aryl methyl sites for hydroxylation is 1. The molecule has 0 saturated carbocycles. The highest BCUT2D eigenvalue weighted by Crippen LogP contribution is 2.38. The zero-order valence-electron chi connectivity index (χ0n) is 19.5. The molecule has 35 heavy (non-hydrogen) atoms. The fourth-order valence-electron chi connectivity index (χ4n) is 3.84. The van der Waals surface area contributed by atoms with Crippen LogP contribution in [0.3, 0.4) is 0 Å². The molecule has 10 heteroatoms. The minimum atomic E-state index is -4.61. The maximum absolute atomic E-state index is 13.2. The zero-order valence-corrected chi connectivity index (χ0v) is 19.5. The Morgan fingerprint density at radius 3 is 2.60 bits per heavy atom. The number of ether oxygens (including phenoxy) is 1. The number of carbonyl (C=O) groups is 2. The number of hydrogen-bond acceptors (Lipinski definition) is 5. The molecule has 0 saturated heterocycles. The lowest BCUT2D eigenvalue weighted by Crippen LogP contribution is -2.26. The van der Waals surface area contributed by atoms with Gasteiger partial charge in [0, 0.05) is 25.6 Å². The summed E-state index contributed by atoms with van der Waals surface area (Å²) >= 11 is 0. The van der Waals surface area contributed by atoms with Crippen molar-refractivity contribution in [3.63, 3.8) is 0 Å². The van der Waals surface area contributed by atoms with Crippen LogP contribution in [-0.2, 0) is 35.2 Å². The third-order valence-electron chi connectivity index (χ3n) is 5.45. The number of hydrogen-bond donors (Lipinski definition) is 1. The zero-order chi connectivity index (χ0) is 25.6. The van der Waals surface area contributed by atoms with Crippen molar-refractivity contribution in [1.29, 1.82) is 0 Å². The number of halogens is 3. The second-order valence-electron chi connectivity index (χ2n) is 8.29. The van der Waals surface area contributed by atoms with E-state index in [9.17, 15) is 22.8 Å². The van der Waals surface area contributed by atoms with Gasteiger partial charge < -0.3 is 19.3 Å². The molecule has 1 N–H and O–H groups in total. The summed E-state index contributed by atoms with van der Waals surface area (Å²) in [5.74, 6) is -0.608. The molecule has 0 aliphatic carbocycles. The molecular formula is C25H27F3N2O5. The van der Waals surface area contributed by atoms with Crippen molar-refractivity contribution >= 4 is 22.8 Å². The molecule has 0 aliphatic rings. The second kappa shape index (κ2) is 11.2. The van der Waals surface area contributed by atoms with Gasteiger partial charge in [0.15, 0.2) is 11.3 Å². The summed E-state index contributed by atoms with van der Waals surface area (Å²) < 4.78 is 50.3. The van der Waals surface area contributed by atoms with Crippen LogP contribution in [0.1, 0.15) is 48.6 Å². The fourth-order valence-corrected chi connectivity index (χ4v) is 3.84. The summed E-state index contributed by atoms with van der Waals surface area (Å²) in [5.41, 5.74) is 1.03. The van der Waals surface area contributed by atoms with Crippen LogP contribution in [0.2, 0.25) is 0 Å². The Morgan fingerprint density at radius 1 is 1.17 bits per heavy atom. The van der Waals surface area contributed by atoms with Gasteiger partial charge in [0.1, 0.15) is 5.75 Å². The SMILES string of the molecule is CCCc1c(OCCCC(=O)N(C)Cc2cccc(CC(=O)O)c2)ccc2c(C(F)(F)F)noc12. The van der Waals surface area contributed by atoms with E-state index >= 15 is 0 Å². The van der Waals surface area contributed by atoms with Gasteiger partial charge in [-0.15, -0.1) is 0 Å². The first-order chi connectivity index (χ1) is 16.6. The number of aliphatic carboxylic acids is 1. The highest BCUT2D eigenvalue weighted by molar-refractivity contribution is 5.85. The lowest BCUT2D eigenvalue weighted by Gasteiger charge is -2.18. The van der Waals surface area contributed by atoms with Gasteiger partial charge in [-0.25, -0.2) is 0 Å². The molecule has 0 aliphatic heterocycles. The van der Waals surface area contributed by atoms with E-state index in [4.69, 9.17) is 14.4 Å². The number of amides is 1. The molecule has 1 amide bonds. The Labute approximate surface area is 200 Å². The van der Waals surface area contributed by atoms with Gasteiger partial charge in [-0.1, -0.05) is 42.8 Å². The van der Waals surface area contributed by atoms with Crippen molar-refractivity contribution < 1.29 is 37.1 Å². The van der Waals surface area contributed by atoms with Crippen LogP contribution in [0.5, 0.6) is 5.75 Å². The summed E-state index contributed by atoms with van der Waals surface area (Å²) in [6.07, 6.45) is -2.93. The largest absolute Gasteiger partial charge is 0.493 e. The Kier molecular flexibility index (Phi) is 8.37. The molecule has 2 aromatic carbocycles. The molecule has 0 spiro atoms. The molecule has 0 radical (unpaired) electrons. The quantitative estimate of drug-likeness (QED) is 0.368. The first-order valence-corrected chi connectivity index (χ1v) is 11.2. The van der Waals surface area contributed by atoms with Crippen molar-refractivity contribution in [2.45, 2.75) is 51.7 Å². The highest BCUT2D eigenvalue weighted by Gasteiger charge is 2.37. The summed E-state index contributed by atoms with van der Waals surface area (Å²) in [6.45, 7) is 2.45. The van der Waals surface area contributed by atoms with Crippen LogP contribution in [0.25, 0.3) is 11.0 Å². The monoisotopic (exact) mass is 492 g/mol. The molecule has 0 fully saturated rings. The number of alkyl halides is 3. The number of carboxylic acid groups (broad SMARTS) is 1. The van der Waals surface area contributed by atoms with E-state index in [1.165, 1.54) is 12.1 Å². The van der Waals surface area contributed by atoms with Crippen LogP contribution in [0.15, 0.2) is 40.9 Å². The molecule has 1 aromatic heterocycles. The fraction of sp³-hybridized carbons (Fsp3) is 0.400. The summed E-state index contributed by atoms with van der Waals surface area (Å²) in [6, 6.07) is 9.86. The number of aromatic nitrogens is 1. The average molecular weight is 492 g/mol. The number of benzene rings is 2. The molecule has 0 unspecified atom stereocenters. The third kappa shape index (κ3) is 6.74. The van der Waals surface area contributed by atoms with Gasteiger partial charge in [-0.05, 0) is 36.1 Å². The van der Waals surface area contributed by atoms with Gasteiger partial charge in [-0.3, -0.25) is 9.59 Å². The van der Waals surface area contributed by atoms with Crippen LogP contribution in [-0.4, -0.2) is 40.7 Å². The van der Waals surface area contributed by atoms with Crippen molar-refractivity contribution in [1.82, 2.24) is 10.1 Å². The van der Waals surface area contributed by atoms with Gasteiger partial charge >= 0.3 is 12.1 Å². The van der Waals surface area contributed by atoms with Gasteiger partial charge in [-0.2, -0.15) is 13.2 Å². The van der Waals surface area contributed by atoms with Crippen LogP contribution in [0, 0.1) is 0 Å². The Morgan fingerprint density at radius 2 is 1.91 bits per heavy atom. The number of carboxylic acids is 1. The Hall–Kier alpha value is -3.56. The predicted octanol–water partition coefficient (Wildman–Crippen LogP) is 5.24. The summed E-state index contributed by atoms with van der Waals surface area (Å²) in [7, 11) is 1.67. The minimum Gasteiger partial charge on any atom is -0.493 e. The smallest absolute Gasteiger partial charge is 0.437 e. The molecule has 188 valence electrons. The maximum Gasteiger partial charge on any atom is 0.437 e. The first-order valence-electron chi connectivity index (χ1n) is 11.2. The van der Waals surface area contributed by atoms with Crippen molar-refractivity contribution in [3.05, 3.63) is 58.8 Å². The van der Waals surface area contributed by atoms with Crippen LogP contribution >= 0.6 is 0 Å². The first kappa shape index (κ1) is 26.1. The lowest BCUT2D eigenvalue weighted by atomic mass is 10.0. The number of nitrogens with zero attached hydrogens (tertiary/aromatic N) is 2. The second-order valence-corrected chi connectivity index (χ2v) is 8.29. The topological polar surface area (TPSA) is 92.9 Å². The molecule has 1 heterocycles. The molecule has 0 bridgehead atoms. The molecule has 7 nitrogen and oxygen atoms in total. The standard InChI is InChI=1S/C25H27F3N2O5/c1-3-6-18-20(11-10-19-23(18)35-29-24(19)25(26,27)28)34-12-5-9-21(31)30(2)15-17-8-4-7-16(13-17)14-22(32)33/h4,7-8,10-11,13H,3,5-6,9,12,14-15H2,1-2H3,(H,32,33). The molecule has 3 aromatic rings. The Bertz CT molecular complexity index is 1190. The van der Waals surface area contributed by atoms with Crippen LogP contribution in [0.4, 0.5) is 13.2 Å². The van der Waals surface area contributed by atoms with E-state index in [2.05, 4.69) is 5.16 Å². The van der Waals surface area contributed by atoms with E-state index in [1.807, 2.05) is 13.0 Å². The van der Waals surface area contributed by atoms with E-state index in [-0.39, 0.29) is 36.3 Å². The van der Waals surface area contributed by atoms with Gasteiger partial charge in [0.25, 0.3) is 0 Å².